The smallest absolute Gasteiger partial charge is 0.393 e. The molecule has 4 aliphatic carbocycles. The van der Waals surface area contributed by atoms with Crippen molar-refractivity contribution >= 4 is 16.2 Å². The van der Waals surface area contributed by atoms with Gasteiger partial charge in [0.05, 0.1) is 6.10 Å². The Labute approximate surface area is 167 Å². The molecule has 158 valence electrons. The second-order valence-corrected chi connectivity index (χ2v) is 11.1. The first kappa shape index (κ1) is 20.5. The van der Waals surface area contributed by atoms with Gasteiger partial charge in [0.25, 0.3) is 0 Å². The van der Waals surface area contributed by atoms with Crippen molar-refractivity contribution in [1.82, 2.24) is 0 Å². The third-order valence-electron chi connectivity index (χ3n) is 9.01. The van der Waals surface area contributed by atoms with E-state index >= 15 is 0 Å². The van der Waals surface area contributed by atoms with Crippen LogP contribution in [0.25, 0.3) is 0 Å². The number of hydrogen-bond acceptors (Lipinski definition) is 5. The topological polar surface area (TPSA) is 101 Å². The summed E-state index contributed by atoms with van der Waals surface area (Å²) in [6, 6.07) is 0. The Bertz CT molecular complexity index is 819. The number of carbonyl (C=O) groups excluding carboxylic acids is 1. The van der Waals surface area contributed by atoms with Crippen LogP contribution in [0.1, 0.15) is 72.1 Å². The molecule has 7 heteroatoms. The number of Topliss-reactive ketones (excluding diaryl/α,β-unsaturated/α-hetero) is 1. The van der Waals surface area contributed by atoms with Gasteiger partial charge >= 0.3 is 10.4 Å². The largest absolute Gasteiger partial charge is 0.398 e. The number of rotatable bonds is 3. The van der Waals surface area contributed by atoms with Gasteiger partial charge in [-0.2, -0.15) is 8.42 Å². The molecular formula is C21H32O6S. The van der Waals surface area contributed by atoms with Gasteiger partial charge in [0.1, 0.15) is 0 Å². The lowest BCUT2D eigenvalue weighted by Crippen LogP contribution is -2.58. The second kappa shape index (κ2) is 6.37. The minimum Gasteiger partial charge on any atom is -0.393 e. The number of aliphatic hydroxyl groups is 1. The lowest BCUT2D eigenvalue weighted by Gasteiger charge is -2.58. The van der Waals surface area contributed by atoms with Gasteiger partial charge in [-0.25, -0.2) is 4.18 Å². The van der Waals surface area contributed by atoms with E-state index in [9.17, 15) is 22.9 Å². The van der Waals surface area contributed by atoms with Gasteiger partial charge in [0.15, 0.2) is 11.4 Å². The lowest BCUT2D eigenvalue weighted by atomic mass is 9.47. The maximum Gasteiger partial charge on any atom is 0.398 e. The highest BCUT2D eigenvalue weighted by molar-refractivity contribution is 7.81. The van der Waals surface area contributed by atoms with Crippen molar-refractivity contribution in [1.29, 1.82) is 0 Å². The van der Waals surface area contributed by atoms with Gasteiger partial charge < -0.3 is 5.11 Å². The van der Waals surface area contributed by atoms with Gasteiger partial charge in [-0.3, -0.25) is 9.35 Å². The SMILES string of the molecule is CC(=O)[C@@]1(OS(=O)(=O)O)CCC2C3CC=C4CC(O)CCC4(C)C3CCC21C. The maximum absolute atomic E-state index is 12.7. The molecule has 6 nitrogen and oxygen atoms in total. The fourth-order valence-electron chi connectivity index (χ4n) is 7.59. The summed E-state index contributed by atoms with van der Waals surface area (Å²) in [5.41, 5.74) is -0.620. The zero-order valence-corrected chi connectivity index (χ0v) is 17.8. The molecule has 7 atom stereocenters. The summed E-state index contributed by atoms with van der Waals surface area (Å²) in [4.78, 5) is 12.7. The van der Waals surface area contributed by atoms with E-state index in [0.717, 1.165) is 38.5 Å². The minimum absolute atomic E-state index is 0.0782. The first-order valence-corrected chi connectivity index (χ1v) is 11.9. The predicted molar refractivity (Wildman–Crippen MR) is 104 cm³/mol. The summed E-state index contributed by atoms with van der Waals surface area (Å²) in [7, 11) is -4.73. The highest BCUT2D eigenvalue weighted by atomic mass is 32.3. The Kier molecular flexibility index (Phi) is 4.66. The van der Waals surface area contributed by atoms with Crippen molar-refractivity contribution in [2.75, 3.05) is 0 Å². The molecule has 0 radical (unpaired) electrons. The van der Waals surface area contributed by atoms with Crippen LogP contribution in [0.5, 0.6) is 0 Å². The minimum atomic E-state index is -4.73. The van der Waals surface area contributed by atoms with Crippen molar-refractivity contribution in [3.05, 3.63) is 11.6 Å². The lowest BCUT2D eigenvalue weighted by molar-refractivity contribution is -0.153. The Morgan fingerprint density at radius 2 is 1.82 bits per heavy atom. The average Bonchev–Trinajstić information content (AvgIpc) is 2.88. The Balaban J connectivity index is 1.71. The number of fused-ring (bicyclic) bond motifs is 5. The van der Waals surface area contributed by atoms with E-state index < -0.39 is 21.4 Å². The fourth-order valence-corrected chi connectivity index (χ4v) is 8.34. The molecule has 3 saturated carbocycles. The average molecular weight is 413 g/mol. The molecule has 0 saturated heterocycles. The summed E-state index contributed by atoms with van der Waals surface area (Å²) in [6.45, 7) is 5.69. The van der Waals surface area contributed by atoms with Gasteiger partial charge in [-0.05, 0) is 81.5 Å². The van der Waals surface area contributed by atoms with Crippen LogP contribution in [0.4, 0.5) is 0 Å². The molecular weight excluding hydrogens is 380 g/mol. The Morgan fingerprint density at radius 1 is 1.14 bits per heavy atom. The standard InChI is InChI=1S/C21H32O6S/c1-13(22)21(27-28(24,25)26)11-8-18-16-5-4-14-12-15(23)6-9-19(14,2)17(16)7-10-20(18,21)3/h4,15-18,23H,5-12H2,1-3H3,(H,24,25,26)/t15?,16?,17?,18?,19?,20?,21-/m0/s1. The molecule has 0 aliphatic heterocycles. The van der Waals surface area contributed by atoms with Crippen LogP contribution >= 0.6 is 0 Å². The number of carbonyl (C=O) groups is 1. The van der Waals surface area contributed by atoms with E-state index in [2.05, 4.69) is 13.0 Å². The monoisotopic (exact) mass is 412 g/mol. The van der Waals surface area contributed by atoms with Crippen molar-refractivity contribution < 1.29 is 27.1 Å². The third-order valence-corrected chi connectivity index (χ3v) is 9.51. The summed E-state index contributed by atoms with van der Waals surface area (Å²) >= 11 is 0. The van der Waals surface area contributed by atoms with E-state index in [0.29, 0.717) is 24.7 Å². The number of allylic oxidation sites excluding steroid dienone is 1. The Hall–Kier alpha value is -0.760. The highest BCUT2D eigenvalue weighted by Crippen LogP contribution is 2.68. The fraction of sp³-hybridized carbons (Fsp3) is 0.857. The van der Waals surface area contributed by atoms with Crippen LogP contribution in [-0.4, -0.2) is 35.6 Å². The van der Waals surface area contributed by atoms with E-state index in [1.807, 2.05) is 6.92 Å². The molecule has 6 unspecified atom stereocenters. The van der Waals surface area contributed by atoms with Crippen molar-refractivity contribution in [3.8, 4) is 0 Å². The summed E-state index contributed by atoms with van der Waals surface area (Å²) < 4.78 is 37.8. The first-order valence-electron chi connectivity index (χ1n) is 10.5. The quantitative estimate of drug-likeness (QED) is 0.544. The molecule has 0 bridgehead atoms. The van der Waals surface area contributed by atoms with Gasteiger partial charge in [0.2, 0.25) is 0 Å². The van der Waals surface area contributed by atoms with Crippen molar-refractivity contribution in [2.24, 2.45) is 28.6 Å². The number of aliphatic hydroxyl groups excluding tert-OH is 1. The molecule has 4 aliphatic rings. The normalized spacial score (nSPS) is 48.2. The van der Waals surface area contributed by atoms with Crippen LogP contribution in [0.3, 0.4) is 0 Å². The molecule has 0 aromatic heterocycles. The van der Waals surface area contributed by atoms with Gasteiger partial charge in [0, 0.05) is 5.41 Å². The van der Waals surface area contributed by atoms with Gasteiger partial charge in [-0.1, -0.05) is 25.5 Å². The summed E-state index contributed by atoms with van der Waals surface area (Å²) in [6.07, 6.45) is 8.19. The second-order valence-electron chi connectivity index (χ2n) is 10.0. The van der Waals surface area contributed by atoms with Crippen molar-refractivity contribution in [2.45, 2.75) is 83.8 Å². The molecule has 0 aromatic rings. The molecule has 4 rings (SSSR count). The molecule has 0 heterocycles. The number of hydrogen-bond donors (Lipinski definition) is 2. The van der Waals surface area contributed by atoms with Crippen LogP contribution < -0.4 is 0 Å². The molecule has 2 N–H and O–H groups in total. The Morgan fingerprint density at radius 3 is 2.46 bits per heavy atom. The van der Waals surface area contributed by atoms with Crippen LogP contribution in [-0.2, 0) is 19.4 Å². The first-order chi connectivity index (χ1) is 12.9. The summed E-state index contributed by atoms with van der Waals surface area (Å²) in [5.74, 6) is 0.714. The zero-order valence-electron chi connectivity index (χ0n) is 17.0. The predicted octanol–water partition coefficient (Wildman–Crippen LogP) is 3.46. The van der Waals surface area contributed by atoms with E-state index in [4.69, 9.17) is 4.18 Å². The van der Waals surface area contributed by atoms with Crippen LogP contribution in [0.2, 0.25) is 0 Å². The van der Waals surface area contributed by atoms with E-state index in [1.165, 1.54) is 12.5 Å². The van der Waals surface area contributed by atoms with E-state index in [-0.39, 0.29) is 23.2 Å². The third kappa shape index (κ3) is 2.76. The highest BCUT2D eigenvalue weighted by Gasteiger charge is 2.67. The molecule has 28 heavy (non-hydrogen) atoms. The molecule has 0 aromatic carbocycles. The maximum atomic E-state index is 12.7. The van der Waals surface area contributed by atoms with Crippen LogP contribution in [0, 0.1) is 28.6 Å². The molecule has 0 spiro atoms. The molecule has 0 amide bonds. The number of ketones is 1. The van der Waals surface area contributed by atoms with Crippen molar-refractivity contribution in [3.63, 3.8) is 0 Å². The van der Waals surface area contributed by atoms with Gasteiger partial charge in [-0.15, -0.1) is 0 Å². The summed E-state index contributed by atoms with van der Waals surface area (Å²) in [5, 5.41) is 10.1. The molecule has 3 fully saturated rings. The van der Waals surface area contributed by atoms with Crippen LogP contribution in [0.15, 0.2) is 11.6 Å². The van der Waals surface area contributed by atoms with E-state index in [1.54, 1.807) is 0 Å². The zero-order chi connectivity index (χ0) is 20.5.